The minimum absolute atomic E-state index is 0.298. The minimum atomic E-state index is -0.883. The lowest BCUT2D eigenvalue weighted by Crippen LogP contribution is -2.39. The van der Waals surface area contributed by atoms with Gasteiger partial charge >= 0.3 is 0 Å². The van der Waals surface area contributed by atoms with E-state index in [1.165, 1.54) is 7.11 Å². The van der Waals surface area contributed by atoms with Gasteiger partial charge in [0, 0.05) is 12.6 Å². The minimum Gasteiger partial charge on any atom is -0.468 e. The topological polar surface area (TPSA) is 83.7 Å². The average molecular weight is 293 g/mol. The molecule has 1 aliphatic rings. The maximum absolute atomic E-state index is 9.85. The number of hydrogen-bond acceptors (Lipinski definition) is 6. The van der Waals surface area contributed by atoms with Crippen LogP contribution >= 0.6 is 0 Å². The molecule has 2 rings (SSSR count). The third-order valence-electron chi connectivity index (χ3n) is 3.43. The van der Waals surface area contributed by atoms with E-state index in [1.807, 2.05) is 18.7 Å². The van der Waals surface area contributed by atoms with E-state index < -0.39 is 6.23 Å². The fourth-order valence-corrected chi connectivity index (χ4v) is 2.16. The molecule has 0 fully saturated rings. The second kappa shape index (κ2) is 6.62. The third kappa shape index (κ3) is 3.55. The van der Waals surface area contributed by atoms with Crippen molar-refractivity contribution in [3.05, 3.63) is 28.8 Å². The molecule has 1 aromatic rings. The molecule has 2 heterocycles. The maximum atomic E-state index is 9.85. The zero-order valence-corrected chi connectivity index (χ0v) is 13.0. The quantitative estimate of drug-likeness (QED) is 0.741. The number of aromatic nitrogens is 2. The highest BCUT2D eigenvalue weighted by Gasteiger charge is 2.19. The highest BCUT2D eigenvalue weighted by Crippen LogP contribution is 2.12. The van der Waals surface area contributed by atoms with Gasteiger partial charge in [-0.05, 0) is 19.4 Å². The Morgan fingerprint density at radius 1 is 1.52 bits per heavy atom. The molecule has 0 amide bonds. The van der Waals surface area contributed by atoms with Crippen molar-refractivity contribution in [3.63, 3.8) is 0 Å². The molecule has 0 saturated carbocycles. The van der Waals surface area contributed by atoms with Crippen LogP contribution in [0, 0.1) is 0 Å². The summed E-state index contributed by atoms with van der Waals surface area (Å²) in [5.41, 5.74) is 2.90. The van der Waals surface area contributed by atoms with Crippen molar-refractivity contribution in [1.29, 1.82) is 0 Å². The van der Waals surface area contributed by atoms with Crippen LogP contribution in [0.3, 0.4) is 0 Å². The molecule has 3 N–H and O–H groups in total. The van der Waals surface area contributed by atoms with Gasteiger partial charge in [0.25, 0.3) is 6.02 Å². The number of amidine groups is 1. The number of rotatable bonds is 5. The van der Waals surface area contributed by atoms with Gasteiger partial charge in [-0.1, -0.05) is 13.3 Å². The molecule has 7 heteroatoms. The molecule has 1 atom stereocenters. The predicted molar refractivity (Wildman–Crippen MR) is 80.3 cm³/mol. The van der Waals surface area contributed by atoms with Crippen LogP contribution in [0.4, 0.5) is 0 Å². The largest absolute Gasteiger partial charge is 0.468 e. The van der Waals surface area contributed by atoms with E-state index >= 15 is 0 Å². The number of nitrogens with zero attached hydrogens (tertiary/aromatic N) is 3. The lowest BCUT2D eigenvalue weighted by Gasteiger charge is -2.23. The van der Waals surface area contributed by atoms with Crippen molar-refractivity contribution < 1.29 is 9.84 Å². The Morgan fingerprint density at radius 3 is 2.95 bits per heavy atom. The van der Waals surface area contributed by atoms with Gasteiger partial charge in [-0.2, -0.15) is 10.1 Å². The van der Waals surface area contributed by atoms with Crippen molar-refractivity contribution in [1.82, 2.24) is 20.4 Å². The van der Waals surface area contributed by atoms with Gasteiger partial charge in [0.2, 0.25) is 0 Å². The van der Waals surface area contributed by atoms with Crippen molar-refractivity contribution in [3.8, 4) is 0 Å². The molecule has 0 saturated heterocycles. The van der Waals surface area contributed by atoms with E-state index in [4.69, 9.17) is 4.74 Å². The van der Waals surface area contributed by atoms with Crippen molar-refractivity contribution in [2.45, 2.75) is 39.5 Å². The van der Waals surface area contributed by atoms with Gasteiger partial charge in [0.05, 0.1) is 25.0 Å². The van der Waals surface area contributed by atoms with E-state index in [0.29, 0.717) is 18.4 Å². The molecule has 1 aliphatic heterocycles. The summed E-state index contributed by atoms with van der Waals surface area (Å²) in [6.45, 7) is 4.57. The first-order chi connectivity index (χ1) is 10.0. The van der Waals surface area contributed by atoms with Crippen LogP contribution < -0.4 is 10.6 Å². The Labute approximate surface area is 124 Å². The molecule has 116 valence electrons. The van der Waals surface area contributed by atoms with Crippen molar-refractivity contribution in [2.75, 3.05) is 7.11 Å². The van der Waals surface area contributed by atoms with Crippen molar-refractivity contribution >= 4 is 6.02 Å². The standard InChI is InChI=1S/C14H23N5O2/c1-5-6-10-7-11(19(3)18-10)8-15-12-9(2)13(20)17-14(16-12)21-4/h7,13,15,20H,5-6,8H2,1-4H3,(H,16,17). The zero-order valence-electron chi connectivity index (χ0n) is 13.0. The number of hydrogen-bond donors (Lipinski definition) is 3. The summed E-state index contributed by atoms with van der Waals surface area (Å²) < 4.78 is 6.91. The molecule has 7 nitrogen and oxygen atoms in total. The van der Waals surface area contributed by atoms with Crippen LogP contribution in [0.15, 0.2) is 22.5 Å². The molecule has 1 unspecified atom stereocenters. The van der Waals surface area contributed by atoms with Gasteiger partial charge in [0.1, 0.15) is 5.82 Å². The Hall–Kier alpha value is -2.02. The Bertz CT molecular complexity index is 562. The monoisotopic (exact) mass is 293 g/mol. The number of nitrogens with one attached hydrogen (secondary N) is 2. The van der Waals surface area contributed by atoms with E-state index in [0.717, 1.165) is 29.8 Å². The summed E-state index contributed by atoms with van der Waals surface area (Å²) >= 11 is 0. The smallest absolute Gasteiger partial charge is 0.292 e. The van der Waals surface area contributed by atoms with Crippen molar-refractivity contribution in [2.24, 2.45) is 12.0 Å². The number of ether oxygens (including phenoxy) is 1. The SMILES string of the molecule is CCCc1cc(CNC2=C(C)C(O)N=C(OC)N2)n(C)n1. The van der Waals surface area contributed by atoms with Gasteiger partial charge in [0.15, 0.2) is 6.23 Å². The fraction of sp³-hybridized carbons (Fsp3) is 0.571. The summed E-state index contributed by atoms with van der Waals surface area (Å²) in [5.74, 6) is 0.715. The Kier molecular flexibility index (Phi) is 4.85. The zero-order chi connectivity index (χ0) is 15.4. The normalized spacial score (nSPS) is 18.3. The van der Waals surface area contributed by atoms with Gasteiger partial charge in [-0.25, -0.2) is 0 Å². The molecule has 0 bridgehead atoms. The number of methoxy groups -OCH3 is 1. The first-order valence-corrected chi connectivity index (χ1v) is 7.08. The Morgan fingerprint density at radius 2 is 2.29 bits per heavy atom. The van der Waals surface area contributed by atoms with E-state index in [2.05, 4.69) is 33.7 Å². The van der Waals surface area contributed by atoms with Crippen LogP contribution in [0.1, 0.15) is 31.7 Å². The van der Waals surface area contributed by atoms with E-state index in [-0.39, 0.29) is 0 Å². The number of aliphatic imine (C=N–C) groups is 1. The second-order valence-electron chi connectivity index (χ2n) is 5.05. The lowest BCUT2D eigenvalue weighted by atomic mass is 10.2. The van der Waals surface area contributed by atoms with Crippen LogP contribution in [0.2, 0.25) is 0 Å². The molecule has 0 radical (unpaired) electrons. The predicted octanol–water partition coefficient (Wildman–Crippen LogP) is 0.618. The molecule has 0 spiro atoms. The number of aryl methyl sites for hydroxylation is 2. The summed E-state index contributed by atoms with van der Waals surface area (Å²) in [5, 5.41) is 20.6. The molecule has 1 aromatic heterocycles. The highest BCUT2D eigenvalue weighted by molar-refractivity contribution is 5.77. The molecular weight excluding hydrogens is 270 g/mol. The van der Waals surface area contributed by atoms with Crippen LogP contribution in [-0.2, 0) is 24.8 Å². The average Bonchev–Trinajstić information content (AvgIpc) is 2.80. The molecular formula is C14H23N5O2. The number of aliphatic hydroxyl groups excluding tert-OH is 1. The van der Waals surface area contributed by atoms with Crippen LogP contribution in [-0.4, -0.2) is 34.2 Å². The third-order valence-corrected chi connectivity index (χ3v) is 3.43. The Balaban J connectivity index is 2.04. The molecule has 0 aliphatic carbocycles. The number of aliphatic hydroxyl groups is 1. The second-order valence-corrected chi connectivity index (χ2v) is 5.05. The molecule has 0 aromatic carbocycles. The fourth-order valence-electron chi connectivity index (χ4n) is 2.16. The summed E-state index contributed by atoms with van der Waals surface area (Å²) in [7, 11) is 3.44. The maximum Gasteiger partial charge on any atom is 0.292 e. The van der Waals surface area contributed by atoms with Gasteiger partial charge in [-0.3, -0.25) is 10.00 Å². The highest BCUT2D eigenvalue weighted by atomic mass is 16.5. The van der Waals surface area contributed by atoms with E-state index in [1.54, 1.807) is 0 Å². The first-order valence-electron chi connectivity index (χ1n) is 7.08. The summed E-state index contributed by atoms with van der Waals surface area (Å²) in [6, 6.07) is 2.39. The first kappa shape index (κ1) is 15.4. The van der Waals surface area contributed by atoms with Crippen LogP contribution in [0.5, 0.6) is 0 Å². The summed E-state index contributed by atoms with van der Waals surface area (Å²) in [6.07, 6.45) is 1.17. The molecule has 21 heavy (non-hydrogen) atoms. The van der Waals surface area contributed by atoms with Crippen LogP contribution in [0.25, 0.3) is 0 Å². The van der Waals surface area contributed by atoms with E-state index in [9.17, 15) is 5.11 Å². The summed E-state index contributed by atoms with van der Waals surface area (Å²) in [4.78, 5) is 3.96. The lowest BCUT2D eigenvalue weighted by molar-refractivity contribution is 0.207. The van der Waals surface area contributed by atoms with Gasteiger partial charge in [-0.15, -0.1) is 0 Å². The van der Waals surface area contributed by atoms with Gasteiger partial charge < -0.3 is 15.2 Å².